The molecule has 1 aromatic carbocycles. The lowest BCUT2D eigenvalue weighted by Gasteiger charge is -2.15. The molecule has 0 aliphatic rings. The summed E-state index contributed by atoms with van der Waals surface area (Å²) in [5.74, 6) is 1.43. The van der Waals surface area contributed by atoms with Gasteiger partial charge in [-0.05, 0) is 31.5 Å². The highest BCUT2D eigenvalue weighted by molar-refractivity contribution is 5.45. The van der Waals surface area contributed by atoms with E-state index in [-0.39, 0.29) is 6.04 Å². The molecule has 1 unspecified atom stereocenters. The lowest BCUT2D eigenvalue weighted by atomic mass is 10.0. The van der Waals surface area contributed by atoms with Crippen LogP contribution in [-0.2, 0) is 0 Å². The zero-order valence-corrected chi connectivity index (χ0v) is 11.7. The first-order chi connectivity index (χ1) is 9.76. The van der Waals surface area contributed by atoms with Gasteiger partial charge < -0.3 is 15.2 Å². The van der Waals surface area contributed by atoms with E-state index in [0.717, 1.165) is 17.0 Å². The average molecular weight is 273 g/mol. The third-order valence-electron chi connectivity index (χ3n) is 2.83. The second-order valence-electron chi connectivity index (χ2n) is 4.18. The van der Waals surface area contributed by atoms with Crippen LogP contribution in [0.25, 0.3) is 0 Å². The van der Waals surface area contributed by atoms with Gasteiger partial charge in [0.15, 0.2) is 11.5 Å². The van der Waals surface area contributed by atoms with Crippen molar-refractivity contribution < 1.29 is 9.47 Å². The van der Waals surface area contributed by atoms with Gasteiger partial charge in [-0.2, -0.15) is 0 Å². The van der Waals surface area contributed by atoms with Gasteiger partial charge in [0.1, 0.15) is 0 Å². The second-order valence-corrected chi connectivity index (χ2v) is 4.18. The quantitative estimate of drug-likeness (QED) is 0.874. The molecule has 0 spiro atoms. The molecule has 0 aliphatic carbocycles. The van der Waals surface area contributed by atoms with Gasteiger partial charge in [-0.25, -0.2) is 0 Å². The molecule has 0 fully saturated rings. The Morgan fingerprint density at radius 1 is 1.10 bits per heavy atom. The monoisotopic (exact) mass is 273 g/mol. The van der Waals surface area contributed by atoms with E-state index >= 15 is 0 Å². The average Bonchev–Trinajstić information content (AvgIpc) is 2.50. The molecule has 0 amide bonds. The minimum absolute atomic E-state index is 0.335. The van der Waals surface area contributed by atoms with Crippen LogP contribution in [0, 0.1) is 0 Å². The Balaban J connectivity index is 2.30. The molecule has 5 nitrogen and oxygen atoms in total. The smallest absolute Gasteiger partial charge is 0.161 e. The molecule has 0 aliphatic heterocycles. The minimum Gasteiger partial charge on any atom is -0.490 e. The highest BCUT2D eigenvalue weighted by Crippen LogP contribution is 2.31. The number of benzene rings is 1. The maximum Gasteiger partial charge on any atom is 0.161 e. The van der Waals surface area contributed by atoms with Crippen molar-refractivity contribution in [1.29, 1.82) is 0 Å². The molecule has 0 saturated heterocycles. The molecule has 0 bridgehead atoms. The molecule has 2 rings (SSSR count). The largest absolute Gasteiger partial charge is 0.490 e. The van der Waals surface area contributed by atoms with Gasteiger partial charge in [-0.15, -0.1) is 0 Å². The first-order valence-corrected chi connectivity index (χ1v) is 6.67. The van der Waals surface area contributed by atoms with Gasteiger partial charge in [0.25, 0.3) is 0 Å². The van der Waals surface area contributed by atoms with Crippen LogP contribution in [0.2, 0.25) is 0 Å². The molecule has 1 atom stereocenters. The lowest BCUT2D eigenvalue weighted by Crippen LogP contribution is -2.14. The third-order valence-corrected chi connectivity index (χ3v) is 2.83. The molecule has 1 heterocycles. The van der Waals surface area contributed by atoms with Crippen molar-refractivity contribution in [3.05, 3.63) is 48.0 Å². The summed E-state index contributed by atoms with van der Waals surface area (Å²) in [5.41, 5.74) is 7.84. The molecule has 0 radical (unpaired) electrons. The number of rotatable bonds is 6. The molecule has 2 N–H and O–H groups in total. The van der Waals surface area contributed by atoms with E-state index in [1.165, 1.54) is 0 Å². The summed E-state index contributed by atoms with van der Waals surface area (Å²) in [6.07, 6.45) is 4.93. The number of nitrogens with zero attached hydrogens (tertiary/aromatic N) is 2. The van der Waals surface area contributed by atoms with Crippen LogP contribution in [0.1, 0.15) is 31.1 Å². The van der Waals surface area contributed by atoms with E-state index in [1.807, 2.05) is 32.0 Å². The molecule has 5 heteroatoms. The van der Waals surface area contributed by atoms with Gasteiger partial charge in [0.2, 0.25) is 0 Å². The van der Waals surface area contributed by atoms with Crippen LogP contribution >= 0.6 is 0 Å². The SMILES string of the molecule is CCOc1ccc(C(N)c2cnccn2)cc1OCC. The Bertz CT molecular complexity index is 546. The van der Waals surface area contributed by atoms with Crippen LogP contribution in [0.5, 0.6) is 11.5 Å². The highest BCUT2D eigenvalue weighted by Gasteiger charge is 2.14. The first kappa shape index (κ1) is 14.3. The van der Waals surface area contributed by atoms with Crippen molar-refractivity contribution >= 4 is 0 Å². The van der Waals surface area contributed by atoms with Crippen molar-refractivity contribution in [2.24, 2.45) is 5.73 Å². The van der Waals surface area contributed by atoms with E-state index in [2.05, 4.69) is 9.97 Å². The van der Waals surface area contributed by atoms with Crippen molar-refractivity contribution in [3.8, 4) is 11.5 Å². The first-order valence-electron chi connectivity index (χ1n) is 6.67. The van der Waals surface area contributed by atoms with Crippen molar-refractivity contribution in [2.45, 2.75) is 19.9 Å². The van der Waals surface area contributed by atoms with Crippen LogP contribution in [0.3, 0.4) is 0 Å². The van der Waals surface area contributed by atoms with E-state index in [4.69, 9.17) is 15.2 Å². The Labute approximate surface area is 118 Å². The van der Waals surface area contributed by atoms with Crippen molar-refractivity contribution in [1.82, 2.24) is 9.97 Å². The maximum atomic E-state index is 6.21. The number of nitrogens with two attached hydrogens (primary N) is 1. The molecule has 2 aromatic rings. The Morgan fingerprint density at radius 2 is 1.85 bits per heavy atom. The predicted octanol–water partition coefficient (Wildman–Crippen LogP) is 2.32. The van der Waals surface area contributed by atoms with E-state index in [1.54, 1.807) is 18.6 Å². The van der Waals surface area contributed by atoms with Gasteiger partial charge in [0, 0.05) is 12.4 Å². The Kier molecular flexibility index (Phi) is 4.90. The fourth-order valence-electron chi connectivity index (χ4n) is 1.90. The van der Waals surface area contributed by atoms with E-state index in [0.29, 0.717) is 19.0 Å². The maximum absolute atomic E-state index is 6.21. The van der Waals surface area contributed by atoms with Crippen molar-refractivity contribution in [2.75, 3.05) is 13.2 Å². The van der Waals surface area contributed by atoms with Crippen LogP contribution in [0.4, 0.5) is 0 Å². The molecule has 106 valence electrons. The third kappa shape index (κ3) is 3.24. The zero-order valence-electron chi connectivity index (χ0n) is 11.7. The summed E-state index contributed by atoms with van der Waals surface area (Å²) in [6, 6.07) is 5.36. The number of hydrogen-bond acceptors (Lipinski definition) is 5. The topological polar surface area (TPSA) is 70.3 Å². The van der Waals surface area contributed by atoms with Gasteiger partial charge in [0.05, 0.1) is 31.1 Å². The van der Waals surface area contributed by atoms with Gasteiger partial charge in [-0.3, -0.25) is 9.97 Å². The predicted molar refractivity (Wildman–Crippen MR) is 76.8 cm³/mol. The second kappa shape index (κ2) is 6.86. The lowest BCUT2D eigenvalue weighted by molar-refractivity contribution is 0.287. The summed E-state index contributed by atoms with van der Waals surface area (Å²) in [7, 11) is 0. The Morgan fingerprint density at radius 3 is 2.50 bits per heavy atom. The standard InChI is InChI=1S/C15H19N3O2/c1-3-19-13-6-5-11(9-14(13)20-4-2)15(16)12-10-17-7-8-18-12/h5-10,15H,3-4,16H2,1-2H3. The summed E-state index contributed by atoms with van der Waals surface area (Å²) in [6.45, 7) is 5.04. The van der Waals surface area contributed by atoms with Crippen LogP contribution < -0.4 is 15.2 Å². The molecular weight excluding hydrogens is 254 g/mol. The number of hydrogen-bond donors (Lipinski definition) is 1. The molecule has 0 saturated carbocycles. The highest BCUT2D eigenvalue weighted by atomic mass is 16.5. The summed E-state index contributed by atoms with van der Waals surface area (Å²) in [4.78, 5) is 8.27. The minimum atomic E-state index is -0.335. The zero-order chi connectivity index (χ0) is 14.4. The summed E-state index contributed by atoms with van der Waals surface area (Å²) >= 11 is 0. The molecule has 1 aromatic heterocycles. The fourth-order valence-corrected chi connectivity index (χ4v) is 1.90. The van der Waals surface area contributed by atoms with Gasteiger partial charge >= 0.3 is 0 Å². The summed E-state index contributed by atoms with van der Waals surface area (Å²) in [5, 5.41) is 0. The molecule has 20 heavy (non-hydrogen) atoms. The number of ether oxygens (including phenoxy) is 2. The van der Waals surface area contributed by atoms with Gasteiger partial charge in [-0.1, -0.05) is 6.07 Å². The Hall–Kier alpha value is -2.14. The van der Waals surface area contributed by atoms with Crippen molar-refractivity contribution in [3.63, 3.8) is 0 Å². The van der Waals surface area contributed by atoms with Crippen LogP contribution in [0.15, 0.2) is 36.8 Å². The molecular formula is C15H19N3O2. The summed E-state index contributed by atoms with van der Waals surface area (Å²) < 4.78 is 11.1. The number of aromatic nitrogens is 2. The van der Waals surface area contributed by atoms with Crippen LogP contribution in [-0.4, -0.2) is 23.2 Å². The van der Waals surface area contributed by atoms with E-state index in [9.17, 15) is 0 Å². The fraction of sp³-hybridized carbons (Fsp3) is 0.333. The van der Waals surface area contributed by atoms with E-state index < -0.39 is 0 Å². The normalized spacial score (nSPS) is 11.9.